The zero-order valence-corrected chi connectivity index (χ0v) is 11.5. The number of rotatable bonds is 3. The Balaban J connectivity index is 2.63. The van der Waals surface area contributed by atoms with Crippen molar-refractivity contribution >= 4 is 11.6 Å². The van der Waals surface area contributed by atoms with Gasteiger partial charge < -0.3 is 5.32 Å². The van der Waals surface area contributed by atoms with E-state index in [0.717, 1.165) is 28.8 Å². The van der Waals surface area contributed by atoms with Gasteiger partial charge in [-0.2, -0.15) is 0 Å². The third-order valence-corrected chi connectivity index (χ3v) is 3.25. The summed E-state index contributed by atoms with van der Waals surface area (Å²) in [6.45, 7) is 2.57. The van der Waals surface area contributed by atoms with E-state index in [-0.39, 0.29) is 5.02 Å². The summed E-state index contributed by atoms with van der Waals surface area (Å²) in [5, 5.41) is 3.26. The Hall–Kier alpha value is -1.45. The van der Waals surface area contributed by atoms with Gasteiger partial charge in [-0.25, -0.2) is 8.78 Å². The Morgan fingerprint density at radius 1 is 1.05 bits per heavy atom. The number of nitrogens with one attached hydrogen (secondary N) is 1. The molecule has 0 heterocycles. The molecule has 1 nitrogen and oxygen atoms in total. The molecular formula is C15H14ClF2N. The minimum absolute atomic E-state index is 0.210. The standard InChI is InChI=1S/C15H14ClF2N/c1-9-3-4-10(8-19-2)11(5-9)12-6-14(17)15(18)7-13(12)16/h3-7,19H,8H2,1-2H3. The Kier molecular flexibility index (Phi) is 4.17. The van der Waals surface area contributed by atoms with Crippen molar-refractivity contribution in [3.8, 4) is 11.1 Å². The van der Waals surface area contributed by atoms with Crippen molar-refractivity contribution in [1.29, 1.82) is 0 Å². The van der Waals surface area contributed by atoms with Gasteiger partial charge in [-0.3, -0.25) is 0 Å². The highest BCUT2D eigenvalue weighted by Gasteiger charge is 2.13. The molecule has 2 aromatic rings. The molecule has 2 aromatic carbocycles. The molecule has 19 heavy (non-hydrogen) atoms. The number of halogens is 3. The Morgan fingerprint density at radius 3 is 2.42 bits per heavy atom. The average molecular weight is 282 g/mol. The van der Waals surface area contributed by atoms with Crippen molar-refractivity contribution in [2.75, 3.05) is 7.05 Å². The fourth-order valence-corrected chi connectivity index (χ4v) is 2.27. The summed E-state index contributed by atoms with van der Waals surface area (Å²) in [4.78, 5) is 0. The van der Waals surface area contributed by atoms with E-state index in [0.29, 0.717) is 12.1 Å². The minimum Gasteiger partial charge on any atom is -0.316 e. The summed E-state index contributed by atoms with van der Waals surface area (Å²) >= 11 is 6.03. The van der Waals surface area contributed by atoms with Crippen LogP contribution in [0.1, 0.15) is 11.1 Å². The molecule has 0 aliphatic heterocycles. The maximum Gasteiger partial charge on any atom is 0.160 e. The minimum atomic E-state index is -0.934. The molecular weight excluding hydrogens is 268 g/mol. The summed E-state index contributed by atoms with van der Waals surface area (Å²) < 4.78 is 26.5. The smallest absolute Gasteiger partial charge is 0.160 e. The maximum atomic E-state index is 13.4. The first-order chi connectivity index (χ1) is 9.02. The molecule has 0 fully saturated rings. The van der Waals surface area contributed by atoms with Crippen LogP contribution in [0, 0.1) is 18.6 Å². The van der Waals surface area contributed by atoms with Crippen molar-refractivity contribution in [3.05, 3.63) is 58.1 Å². The molecule has 100 valence electrons. The van der Waals surface area contributed by atoms with Gasteiger partial charge >= 0.3 is 0 Å². The van der Waals surface area contributed by atoms with Crippen LogP contribution in [0.4, 0.5) is 8.78 Å². The predicted octanol–water partition coefficient (Wildman–Crippen LogP) is 4.31. The lowest BCUT2D eigenvalue weighted by Crippen LogP contribution is -2.06. The molecule has 1 N–H and O–H groups in total. The normalized spacial score (nSPS) is 10.8. The highest BCUT2D eigenvalue weighted by Crippen LogP contribution is 2.33. The Morgan fingerprint density at radius 2 is 1.74 bits per heavy atom. The van der Waals surface area contributed by atoms with E-state index in [2.05, 4.69) is 5.32 Å². The van der Waals surface area contributed by atoms with Gasteiger partial charge in [0.15, 0.2) is 11.6 Å². The second-order valence-corrected chi connectivity index (χ2v) is 4.84. The monoisotopic (exact) mass is 281 g/mol. The van der Waals surface area contributed by atoms with Crippen LogP contribution in [0.15, 0.2) is 30.3 Å². The summed E-state index contributed by atoms with van der Waals surface area (Å²) in [6, 6.07) is 8.01. The third-order valence-electron chi connectivity index (χ3n) is 2.93. The van der Waals surface area contributed by atoms with E-state index < -0.39 is 11.6 Å². The second kappa shape index (κ2) is 5.68. The lowest BCUT2D eigenvalue weighted by atomic mass is 9.97. The van der Waals surface area contributed by atoms with Crippen molar-refractivity contribution in [1.82, 2.24) is 5.32 Å². The Labute approximate surface area is 116 Å². The van der Waals surface area contributed by atoms with E-state index in [1.165, 1.54) is 0 Å². The average Bonchev–Trinajstić information content (AvgIpc) is 2.36. The van der Waals surface area contributed by atoms with Gasteiger partial charge in [-0.15, -0.1) is 0 Å². The van der Waals surface area contributed by atoms with Gasteiger partial charge in [0, 0.05) is 12.1 Å². The molecule has 0 bridgehead atoms. The highest BCUT2D eigenvalue weighted by molar-refractivity contribution is 6.33. The van der Waals surface area contributed by atoms with Crippen LogP contribution in [-0.2, 0) is 6.54 Å². The number of aryl methyl sites for hydroxylation is 1. The van der Waals surface area contributed by atoms with Crippen LogP contribution in [0.2, 0.25) is 5.02 Å². The molecule has 0 saturated carbocycles. The first kappa shape index (κ1) is 14.0. The third kappa shape index (κ3) is 2.94. The second-order valence-electron chi connectivity index (χ2n) is 4.44. The predicted molar refractivity (Wildman–Crippen MR) is 74.3 cm³/mol. The molecule has 0 atom stereocenters. The summed E-state index contributed by atoms with van der Waals surface area (Å²) in [5.74, 6) is -1.83. The van der Waals surface area contributed by atoms with Crippen molar-refractivity contribution in [3.63, 3.8) is 0 Å². The van der Waals surface area contributed by atoms with Crippen LogP contribution < -0.4 is 5.32 Å². The molecule has 0 aromatic heterocycles. The largest absolute Gasteiger partial charge is 0.316 e. The molecule has 0 aliphatic carbocycles. The SMILES string of the molecule is CNCc1ccc(C)cc1-c1cc(F)c(F)cc1Cl. The number of hydrogen-bond acceptors (Lipinski definition) is 1. The van der Waals surface area contributed by atoms with Crippen molar-refractivity contribution < 1.29 is 8.78 Å². The zero-order chi connectivity index (χ0) is 14.0. The fourth-order valence-electron chi connectivity index (χ4n) is 2.01. The topological polar surface area (TPSA) is 12.0 Å². The lowest BCUT2D eigenvalue weighted by molar-refractivity contribution is 0.509. The number of benzene rings is 2. The van der Waals surface area contributed by atoms with Crippen LogP contribution >= 0.6 is 11.6 Å². The van der Waals surface area contributed by atoms with E-state index >= 15 is 0 Å². The van der Waals surface area contributed by atoms with E-state index in [1.54, 1.807) is 0 Å². The van der Waals surface area contributed by atoms with E-state index in [9.17, 15) is 8.78 Å². The molecule has 2 rings (SSSR count). The Bertz CT molecular complexity index is 611. The highest BCUT2D eigenvalue weighted by atomic mass is 35.5. The molecule has 0 radical (unpaired) electrons. The molecule has 0 amide bonds. The first-order valence-corrected chi connectivity index (χ1v) is 6.29. The molecule has 4 heteroatoms. The fraction of sp³-hybridized carbons (Fsp3) is 0.200. The van der Waals surface area contributed by atoms with E-state index in [4.69, 9.17) is 11.6 Å². The quantitative estimate of drug-likeness (QED) is 0.827. The molecule has 0 saturated heterocycles. The molecule has 0 spiro atoms. The van der Waals surface area contributed by atoms with Crippen molar-refractivity contribution in [2.24, 2.45) is 0 Å². The van der Waals surface area contributed by atoms with Crippen LogP contribution in [0.25, 0.3) is 11.1 Å². The molecule has 0 aliphatic rings. The van der Waals surface area contributed by atoms with Gasteiger partial charge in [0.1, 0.15) is 0 Å². The summed E-state index contributed by atoms with van der Waals surface area (Å²) in [6.07, 6.45) is 0. The summed E-state index contributed by atoms with van der Waals surface area (Å²) in [5.41, 5.74) is 3.35. The maximum absolute atomic E-state index is 13.4. The zero-order valence-electron chi connectivity index (χ0n) is 10.7. The van der Waals surface area contributed by atoms with Gasteiger partial charge in [0.2, 0.25) is 0 Å². The lowest BCUT2D eigenvalue weighted by Gasteiger charge is -2.12. The van der Waals surface area contributed by atoms with Gasteiger partial charge in [-0.05, 0) is 37.2 Å². The van der Waals surface area contributed by atoms with E-state index in [1.807, 2.05) is 32.2 Å². The summed E-state index contributed by atoms with van der Waals surface area (Å²) in [7, 11) is 1.83. The van der Waals surface area contributed by atoms with Gasteiger partial charge in [0.05, 0.1) is 5.02 Å². The van der Waals surface area contributed by atoms with Crippen LogP contribution in [0.3, 0.4) is 0 Å². The van der Waals surface area contributed by atoms with Gasteiger partial charge in [-0.1, -0.05) is 35.4 Å². The first-order valence-electron chi connectivity index (χ1n) is 5.92. The number of hydrogen-bond donors (Lipinski definition) is 1. The van der Waals surface area contributed by atoms with Crippen LogP contribution in [0.5, 0.6) is 0 Å². The van der Waals surface area contributed by atoms with Crippen LogP contribution in [-0.4, -0.2) is 7.05 Å². The van der Waals surface area contributed by atoms with Gasteiger partial charge in [0.25, 0.3) is 0 Å². The molecule has 0 unspecified atom stereocenters. The van der Waals surface area contributed by atoms with Crippen molar-refractivity contribution in [2.45, 2.75) is 13.5 Å².